The number of esters is 1. The highest BCUT2D eigenvalue weighted by Gasteiger charge is 2.77. The molecule has 3 heterocycles. The average molecular weight is 646 g/mol. The van der Waals surface area contributed by atoms with E-state index in [0.717, 1.165) is 37.7 Å². The number of alkyl halides is 1. The maximum absolute atomic E-state index is 14.5. The van der Waals surface area contributed by atoms with Crippen molar-refractivity contribution in [2.45, 2.75) is 86.9 Å². The van der Waals surface area contributed by atoms with Gasteiger partial charge in [0.1, 0.15) is 11.6 Å². The van der Waals surface area contributed by atoms with E-state index in [2.05, 4.69) is 36.0 Å². The number of ether oxygens (including phenoxy) is 2. The third-order valence-electron chi connectivity index (χ3n) is 8.89. The highest BCUT2D eigenvalue weighted by molar-refractivity contribution is 9.09. The van der Waals surface area contributed by atoms with E-state index in [-0.39, 0.29) is 29.9 Å². The number of carbonyl (C=O) groups excluding carboxylic acids is 3. The number of hydrogen-bond donors (Lipinski definition) is 1. The highest BCUT2D eigenvalue weighted by atomic mass is 79.9. The molecule has 3 aliphatic rings. The number of hydrogen-bond acceptors (Lipinski definition) is 6. The fourth-order valence-electron chi connectivity index (χ4n) is 6.98. The van der Waals surface area contributed by atoms with Gasteiger partial charge in [0.25, 0.3) is 0 Å². The first-order valence-corrected chi connectivity index (χ1v) is 16.2. The van der Waals surface area contributed by atoms with Crippen LogP contribution in [0.1, 0.15) is 57.4 Å². The monoisotopic (exact) mass is 644 g/mol. The van der Waals surface area contributed by atoms with Gasteiger partial charge in [0.2, 0.25) is 11.8 Å². The van der Waals surface area contributed by atoms with Crippen molar-refractivity contribution in [1.29, 1.82) is 0 Å². The van der Waals surface area contributed by atoms with Crippen molar-refractivity contribution in [1.82, 2.24) is 9.80 Å². The number of carbonyl (C=O) groups is 3. The lowest BCUT2D eigenvalue weighted by Crippen LogP contribution is -2.59. The van der Waals surface area contributed by atoms with Crippen molar-refractivity contribution in [3.63, 3.8) is 0 Å². The highest BCUT2D eigenvalue weighted by Crippen LogP contribution is 2.60. The summed E-state index contributed by atoms with van der Waals surface area (Å²) in [4.78, 5) is 45.6. The molecule has 42 heavy (non-hydrogen) atoms. The predicted molar refractivity (Wildman–Crippen MR) is 165 cm³/mol. The maximum atomic E-state index is 14.5. The molecule has 1 aromatic rings. The van der Waals surface area contributed by atoms with Gasteiger partial charge in [-0.1, -0.05) is 78.2 Å². The molecule has 9 heteroatoms. The van der Waals surface area contributed by atoms with Crippen LogP contribution in [-0.2, 0) is 30.3 Å². The van der Waals surface area contributed by atoms with Gasteiger partial charge >= 0.3 is 5.97 Å². The van der Waals surface area contributed by atoms with Gasteiger partial charge in [-0.15, -0.1) is 13.2 Å². The number of halogens is 1. The Balaban J connectivity index is 1.70. The second kappa shape index (κ2) is 14.8. The van der Waals surface area contributed by atoms with Crippen LogP contribution in [0.15, 0.2) is 55.6 Å². The summed E-state index contributed by atoms with van der Waals surface area (Å²) in [6, 6.07) is 7.97. The Morgan fingerprint density at radius 1 is 1.21 bits per heavy atom. The minimum absolute atomic E-state index is 0.218. The van der Waals surface area contributed by atoms with Crippen LogP contribution in [-0.4, -0.2) is 87.6 Å². The van der Waals surface area contributed by atoms with Gasteiger partial charge in [-0.25, -0.2) is 0 Å². The molecule has 2 amide bonds. The van der Waals surface area contributed by atoms with Gasteiger partial charge in [-0.2, -0.15) is 0 Å². The number of likely N-dealkylation sites (tertiary alicyclic amines) is 1. The quantitative estimate of drug-likeness (QED) is 0.117. The van der Waals surface area contributed by atoms with Crippen LogP contribution in [0.25, 0.3) is 0 Å². The van der Waals surface area contributed by atoms with Gasteiger partial charge < -0.3 is 24.4 Å². The summed E-state index contributed by atoms with van der Waals surface area (Å²) in [5, 5.41) is 10.6. The first-order valence-electron chi connectivity index (χ1n) is 15.3. The Hall–Kier alpha value is -2.49. The molecule has 3 fully saturated rings. The molecule has 230 valence electrons. The summed E-state index contributed by atoms with van der Waals surface area (Å²) >= 11 is 3.72. The molecule has 7 atom stereocenters. The zero-order valence-corrected chi connectivity index (χ0v) is 26.3. The molecule has 0 saturated carbocycles. The number of benzene rings is 1. The molecule has 1 aromatic carbocycles. The van der Waals surface area contributed by atoms with E-state index in [1.807, 2.05) is 36.4 Å². The second-order valence-electron chi connectivity index (χ2n) is 11.7. The number of nitrogens with zero attached hydrogens (tertiary/aromatic N) is 2. The Labute approximate surface area is 258 Å². The fraction of sp³-hybridized carbons (Fsp3) is 0.606. The standard InChI is InChI=1S/C33H45BrN2O6/c1-4-7-9-14-19-41-32(40)26-27-30(38)36(24(22-37)20-23-15-11-10-12-16-23)29(33(27)21-25(34)28(26)42-33)31(39)35(17-6-3)18-13-8-5-2/h4,6,10-12,15-16,24-29,37H,1,3,5,7-9,13-14,17-22H2,2H3/t24-,25?,26-,27+,28-,29?,33?/m1/s1. The Morgan fingerprint density at radius 3 is 2.64 bits per heavy atom. The van der Waals surface area contributed by atoms with E-state index in [4.69, 9.17) is 9.47 Å². The number of fused-ring (bicyclic) bond motifs is 1. The molecule has 0 radical (unpaired) electrons. The molecule has 3 saturated heterocycles. The topological polar surface area (TPSA) is 96.4 Å². The fourth-order valence-corrected chi connectivity index (χ4v) is 7.92. The van der Waals surface area contributed by atoms with Crippen LogP contribution in [0.2, 0.25) is 0 Å². The van der Waals surface area contributed by atoms with Crippen molar-refractivity contribution >= 4 is 33.7 Å². The van der Waals surface area contributed by atoms with E-state index < -0.39 is 41.6 Å². The first-order chi connectivity index (χ1) is 20.3. The van der Waals surface area contributed by atoms with Crippen LogP contribution >= 0.6 is 15.9 Å². The van der Waals surface area contributed by atoms with Gasteiger partial charge in [0, 0.05) is 17.9 Å². The van der Waals surface area contributed by atoms with Crippen molar-refractivity contribution in [3.05, 3.63) is 61.2 Å². The lowest BCUT2D eigenvalue weighted by atomic mass is 9.70. The van der Waals surface area contributed by atoms with E-state index in [9.17, 15) is 19.5 Å². The SMILES string of the molecule is C=CCCCCOC(=O)[C@H]1[C@@H]2OC3(CC2Br)C(C(=O)N(CC=C)CCCCC)N([C@@H](CO)Cc2ccccc2)C(=O)[C@H]13. The molecule has 2 bridgehead atoms. The third kappa shape index (κ3) is 6.38. The molecule has 1 N–H and O–H groups in total. The second-order valence-corrected chi connectivity index (χ2v) is 12.8. The lowest BCUT2D eigenvalue weighted by Gasteiger charge is -2.39. The van der Waals surface area contributed by atoms with E-state index in [1.54, 1.807) is 15.9 Å². The predicted octanol–water partition coefficient (Wildman–Crippen LogP) is 4.44. The first kappa shape index (κ1) is 32.4. The molecule has 4 rings (SSSR count). The molecule has 3 aliphatic heterocycles. The van der Waals surface area contributed by atoms with Gasteiger partial charge in [-0.05, 0) is 44.1 Å². The van der Waals surface area contributed by atoms with Crippen molar-refractivity contribution in [2.75, 3.05) is 26.3 Å². The molecule has 8 nitrogen and oxygen atoms in total. The number of amides is 2. The average Bonchev–Trinajstić information content (AvgIpc) is 3.59. The normalized spacial score (nSPS) is 28.4. The minimum atomic E-state index is -1.20. The number of aliphatic hydroxyl groups is 1. The third-order valence-corrected chi connectivity index (χ3v) is 9.74. The maximum Gasteiger partial charge on any atom is 0.312 e. The van der Waals surface area contributed by atoms with Crippen molar-refractivity contribution in [3.8, 4) is 0 Å². The zero-order valence-electron chi connectivity index (χ0n) is 24.7. The largest absolute Gasteiger partial charge is 0.465 e. The summed E-state index contributed by atoms with van der Waals surface area (Å²) in [5.41, 5.74) is -0.261. The summed E-state index contributed by atoms with van der Waals surface area (Å²) in [6.07, 6.45) is 8.92. The van der Waals surface area contributed by atoms with Crippen LogP contribution in [0.3, 0.4) is 0 Å². The Bertz CT molecular complexity index is 1120. The van der Waals surface area contributed by atoms with Crippen molar-refractivity contribution < 1.29 is 29.0 Å². The molecule has 1 spiro atoms. The number of allylic oxidation sites excluding steroid dienone is 1. The molecular formula is C33H45BrN2O6. The number of rotatable bonds is 17. The van der Waals surface area contributed by atoms with E-state index >= 15 is 0 Å². The van der Waals surface area contributed by atoms with E-state index in [0.29, 0.717) is 32.4 Å². The lowest BCUT2D eigenvalue weighted by molar-refractivity contribution is -0.156. The minimum Gasteiger partial charge on any atom is -0.465 e. The van der Waals surface area contributed by atoms with Crippen LogP contribution in [0.4, 0.5) is 0 Å². The molecule has 3 unspecified atom stereocenters. The van der Waals surface area contributed by atoms with E-state index in [1.165, 1.54) is 0 Å². The summed E-state index contributed by atoms with van der Waals surface area (Å²) in [7, 11) is 0. The van der Waals surface area contributed by atoms with Gasteiger partial charge in [0.15, 0.2) is 0 Å². The summed E-state index contributed by atoms with van der Waals surface area (Å²) in [5.74, 6) is -2.72. The van der Waals surface area contributed by atoms with Crippen LogP contribution in [0.5, 0.6) is 0 Å². The summed E-state index contributed by atoms with van der Waals surface area (Å²) < 4.78 is 12.3. The molecular weight excluding hydrogens is 600 g/mol. The Kier molecular flexibility index (Phi) is 11.4. The number of aliphatic hydroxyl groups excluding tert-OH is 1. The summed E-state index contributed by atoms with van der Waals surface area (Å²) in [6.45, 7) is 10.5. The Morgan fingerprint density at radius 2 is 1.98 bits per heavy atom. The van der Waals surface area contributed by atoms with Gasteiger partial charge in [-0.3, -0.25) is 14.4 Å². The van der Waals surface area contributed by atoms with Crippen LogP contribution in [0, 0.1) is 11.8 Å². The number of unbranched alkanes of at least 4 members (excludes halogenated alkanes) is 4. The smallest absolute Gasteiger partial charge is 0.312 e. The zero-order chi connectivity index (χ0) is 30.3. The molecule has 0 aliphatic carbocycles. The van der Waals surface area contributed by atoms with Crippen molar-refractivity contribution in [2.24, 2.45) is 11.8 Å². The molecule has 0 aromatic heterocycles. The van der Waals surface area contributed by atoms with Gasteiger partial charge in [0.05, 0.1) is 37.2 Å². The van der Waals surface area contributed by atoms with Crippen LogP contribution < -0.4 is 0 Å².